The summed E-state index contributed by atoms with van der Waals surface area (Å²) in [6, 6.07) is 3.58. The summed E-state index contributed by atoms with van der Waals surface area (Å²) in [5.41, 5.74) is 4.51. The molecule has 17 heavy (non-hydrogen) atoms. The summed E-state index contributed by atoms with van der Waals surface area (Å²) in [6.07, 6.45) is 0. The molecular formula is C9H9N3O5. The maximum Gasteiger partial charge on any atom is 0.313 e. The zero-order chi connectivity index (χ0) is 13.0. The molecule has 0 aliphatic heterocycles. The number of amides is 2. The first-order valence-corrected chi connectivity index (χ1v) is 4.39. The van der Waals surface area contributed by atoms with Gasteiger partial charge in [-0.3, -0.25) is 19.7 Å². The summed E-state index contributed by atoms with van der Waals surface area (Å²) in [6.45, 7) is 0. The third-order valence-electron chi connectivity index (χ3n) is 1.87. The molecule has 8 heteroatoms. The lowest BCUT2D eigenvalue weighted by Gasteiger charge is -2.08. The monoisotopic (exact) mass is 239 g/mol. The topological polar surface area (TPSA) is 125 Å². The van der Waals surface area contributed by atoms with E-state index in [0.717, 1.165) is 6.07 Å². The van der Waals surface area contributed by atoms with E-state index < -0.39 is 16.7 Å². The summed E-state index contributed by atoms with van der Waals surface area (Å²) in [4.78, 5) is 31.5. The number of carbonyl (C=O) groups is 2. The van der Waals surface area contributed by atoms with Crippen molar-refractivity contribution in [2.75, 3.05) is 12.4 Å². The van der Waals surface area contributed by atoms with Gasteiger partial charge in [-0.15, -0.1) is 0 Å². The maximum absolute atomic E-state index is 11.1. The van der Waals surface area contributed by atoms with Crippen LogP contribution in [0.1, 0.15) is 0 Å². The normalized spacial score (nSPS) is 9.47. The molecule has 0 radical (unpaired) electrons. The number of anilines is 1. The van der Waals surface area contributed by atoms with E-state index in [9.17, 15) is 19.7 Å². The smallest absolute Gasteiger partial charge is 0.313 e. The van der Waals surface area contributed by atoms with Gasteiger partial charge in [-0.1, -0.05) is 0 Å². The van der Waals surface area contributed by atoms with Gasteiger partial charge in [0, 0.05) is 12.1 Å². The molecule has 0 aliphatic carbocycles. The molecular weight excluding hydrogens is 230 g/mol. The van der Waals surface area contributed by atoms with Gasteiger partial charge < -0.3 is 15.8 Å². The van der Waals surface area contributed by atoms with Gasteiger partial charge in [-0.2, -0.15) is 0 Å². The Morgan fingerprint density at radius 1 is 1.47 bits per heavy atom. The molecule has 8 nitrogen and oxygen atoms in total. The molecule has 0 heterocycles. The number of nitrogens with two attached hydrogens (primary N) is 1. The van der Waals surface area contributed by atoms with E-state index in [-0.39, 0.29) is 17.1 Å². The minimum atomic E-state index is -1.20. The molecule has 0 spiro atoms. The molecule has 90 valence electrons. The Morgan fingerprint density at radius 3 is 2.59 bits per heavy atom. The van der Waals surface area contributed by atoms with Gasteiger partial charge in [-0.05, 0) is 6.07 Å². The van der Waals surface area contributed by atoms with E-state index in [2.05, 4.69) is 5.32 Å². The molecule has 0 atom stereocenters. The molecule has 0 saturated heterocycles. The van der Waals surface area contributed by atoms with Crippen molar-refractivity contribution in [3.8, 4) is 5.75 Å². The zero-order valence-corrected chi connectivity index (χ0v) is 8.80. The van der Waals surface area contributed by atoms with Gasteiger partial charge in [0.25, 0.3) is 5.69 Å². The van der Waals surface area contributed by atoms with Crippen molar-refractivity contribution in [3.63, 3.8) is 0 Å². The van der Waals surface area contributed by atoms with Crippen molar-refractivity contribution in [1.29, 1.82) is 0 Å². The minimum Gasteiger partial charge on any atom is -0.495 e. The average Bonchev–Trinajstić information content (AvgIpc) is 2.28. The van der Waals surface area contributed by atoms with E-state index in [1.54, 1.807) is 0 Å². The third kappa shape index (κ3) is 2.91. The maximum atomic E-state index is 11.1. The Labute approximate surface area is 95.5 Å². The van der Waals surface area contributed by atoms with Gasteiger partial charge >= 0.3 is 11.8 Å². The lowest BCUT2D eigenvalue weighted by atomic mass is 10.2. The number of non-ortho nitro benzene ring substituents is 1. The molecule has 1 aromatic carbocycles. The Balaban J connectivity index is 3.10. The van der Waals surface area contributed by atoms with Crippen LogP contribution in [-0.2, 0) is 9.59 Å². The standard InChI is InChI=1S/C9H9N3O5/c1-17-7-3-2-5(12(15)16)4-6(7)11-9(14)8(10)13/h2-4H,1H3,(H2,10,13)(H,11,14). The first-order valence-electron chi connectivity index (χ1n) is 4.39. The summed E-state index contributed by atoms with van der Waals surface area (Å²) in [7, 11) is 1.32. The highest BCUT2D eigenvalue weighted by Gasteiger charge is 2.15. The average molecular weight is 239 g/mol. The van der Waals surface area contributed by atoms with Crippen LogP contribution in [0.4, 0.5) is 11.4 Å². The van der Waals surface area contributed by atoms with Crippen LogP contribution in [0, 0.1) is 10.1 Å². The number of carbonyl (C=O) groups excluding carboxylic acids is 2. The fourth-order valence-electron chi connectivity index (χ4n) is 1.09. The number of ether oxygens (including phenoxy) is 1. The number of primary amides is 1. The number of benzene rings is 1. The van der Waals surface area contributed by atoms with Crippen molar-refractivity contribution >= 4 is 23.2 Å². The quantitative estimate of drug-likeness (QED) is 0.437. The molecule has 1 aromatic rings. The molecule has 1 rings (SSSR count). The molecule has 0 fully saturated rings. The van der Waals surface area contributed by atoms with Crippen LogP contribution in [0.15, 0.2) is 18.2 Å². The third-order valence-corrected chi connectivity index (χ3v) is 1.87. The largest absolute Gasteiger partial charge is 0.495 e. The van der Waals surface area contributed by atoms with Crippen LogP contribution in [0.3, 0.4) is 0 Å². The number of rotatable bonds is 3. The number of nitro groups is 1. The second-order valence-electron chi connectivity index (χ2n) is 2.96. The first kappa shape index (κ1) is 12.4. The van der Waals surface area contributed by atoms with Crippen LogP contribution >= 0.6 is 0 Å². The molecule has 0 saturated carbocycles. The summed E-state index contributed by atoms with van der Waals surface area (Å²) in [5.74, 6) is -2.09. The van der Waals surface area contributed by atoms with Crippen molar-refractivity contribution < 1.29 is 19.2 Å². The van der Waals surface area contributed by atoms with Gasteiger partial charge in [0.15, 0.2) is 0 Å². The Kier molecular flexibility index (Phi) is 3.60. The van der Waals surface area contributed by atoms with Gasteiger partial charge in [-0.25, -0.2) is 0 Å². The highest BCUT2D eigenvalue weighted by Crippen LogP contribution is 2.28. The van der Waals surface area contributed by atoms with Gasteiger partial charge in [0.2, 0.25) is 0 Å². The second-order valence-corrected chi connectivity index (χ2v) is 2.96. The molecule has 0 bridgehead atoms. The van der Waals surface area contributed by atoms with Gasteiger partial charge in [0.05, 0.1) is 17.7 Å². The van der Waals surface area contributed by atoms with E-state index in [0.29, 0.717) is 0 Å². The number of nitrogens with one attached hydrogen (secondary N) is 1. The molecule has 0 aromatic heterocycles. The molecule has 3 N–H and O–H groups in total. The van der Waals surface area contributed by atoms with E-state index >= 15 is 0 Å². The predicted octanol–water partition coefficient (Wildman–Crippen LogP) is 0.0272. The number of nitrogens with zero attached hydrogens (tertiary/aromatic N) is 1. The Morgan fingerprint density at radius 2 is 2.12 bits per heavy atom. The summed E-state index contributed by atoms with van der Waals surface area (Å²) < 4.78 is 4.87. The predicted molar refractivity (Wildman–Crippen MR) is 57.5 cm³/mol. The fraction of sp³-hybridized carbons (Fsp3) is 0.111. The lowest BCUT2D eigenvalue weighted by Crippen LogP contribution is -2.29. The van der Waals surface area contributed by atoms with E-state index in [1.165, 1.54) is 19.2 Å². The summed E-state index contributed by atoms with van der Waals surface area (Å²) >= 11 is 0. The minimum absolute atomic E-state index is 0.00509. The van der Waals surface area contributed by atoms with Crippen LogP contribution in [0.2, 0.25) is 0 Å². The number of hydrogen-bond donors (Lipinski definition) is 2. The number of hydrogen-bond acceptors (Lipinski definition) is 5. The van der Waals surface area contributed by atoms with Crippen molar-refractivity contribution in [3.05, 3.63) is 28.3 Å². The summed E-state index contributed by atoms with van der Waals surface area (Å²) in [5, 5.41) is 12.6. The molecule has 0 unspecified atom stereocenters. The van der Waals surface area contributed by atoms with Crippen LogP contribution < -0.4 is 15.8 Å². The SMILES string of the molecule is COc1ccc([N+](=O)[O-])cc1NC(=O)C(N)=O. The Bertz CT molecular complexity index is 486. The Hall–Kier alpha value is -2.64. The van der Waals surface area contributed by atoms with Crippen LogP contribution in [0.25, 0.3) is 0 Å². The molecule has 0 aliphatic rings. The van der Waals surface area contributed by atoms with E-state index in [1.807, 2.05) is 0 Å². The van der Waals surface area contributed by atoms with Crippen molar-refractivity contribution in [2.24, 2.45) is 5.73 Å². The highest BCUT2D eigenvalue weighted by atomic mass is 16.6. The number of methoxy groups -OCH3 is 1. The van der Waals surface area contributed by atoms with Gasteiger partial charge in [0.1, 0.15) is 5.75 Å². The van der Waals surface area contributed by atoms with Crippen molar-refractivity contribution in [2.45, 2.75) is 0 Å². The van der Waals surface area contributed by atoms with Crippen LogP contribution in [-0.4, -0.2) is 23.8 Å². The zero-order valence-electron chi connectivity index (χ0n) is 8.80. The second kappa shape index (κ2) is 4.92. The van der Waals surface area contributed by atoms with Crippen LogP contribution in [0.5, 0.6) is 5.75 Å². The number of nitro benzene ring substituents is 1. The van der Waals surface area contributed by atoms with E-state index in [4.69, 9.17) is 10.5 Å². The van der Waals surface area contributed by atoms with Crippen molar-refractivity contribution in [1.82, 2.24) is 0 Å². The highest BCUT2D eigenvalue weighted by molar-refractivity contribution is 6.39. The first-order chi connectivity index (χ1) is 7.95. The fourth-order valence-corrected chi connectivity index (χ4v) is 1.09. The lowest BCUT2D eigenvalue weighted by molar-refractivity contribution is -0.384. The molecule has 2 amide bonds.